The minimum Gasteiger partial charge on any atom is -0.356 e. The lowest BCUT2D eigenvalue weighted by Crippen LogP contribution is -2.37. The van der Waals surface area contributed by atoms with Gasteiger partial charge in [-0.1, -0.05) is 49.1 Å². The summed E-state index contributed by atoms with van der Waals surface area (Å²) < 4.78 is 15.2. The van der Waals surface area contributed by atoms with Gasteiger partial charge in [-0.2, -0.15) is 0 Å². The highest BCUT2D eigenvalue weighted by atomic mass is 32.2. The fourth-order valence-electron chi connectivity index (χ4n) is 4.54. The molecule has 0 spiro atoms. The first-order valence-electron chi connectivity index (χ1n) is 11.6. The minimum atomic E-state index is -0.335. The summed E-state index contributed by atoms with van der Waals surface area (Å²) in [7, 11) is 0. The lowest BCUT2D eigenvalue weighted by atomic mass is 10.00. The zero-order valence-corrected chi connectivity index (χ0v) is 21.2. The van der Waals surface area contributed by atoms with Crippen molar-refractivity contribution in [1.82, 2.24) is 14.3 Å². The highest BCUT2D eigenvalue weighted by Gasteiger charge is 2.33. The van der Waals surface area contributed by atoms with Gasteiger partial charge in [0.1, 0.15) is 21.6 Å². The number of benzene rings is 1. The molecule has 1 unspecified atom stereocenters. The molecule has 0 saturated carbocycles. The van der Waals surface area contributed by atoms with Gasteiger partial charge in [-0.15, -0.1) is 0 Å². The van der Waals surface area contributed by atoms with Crippen LogP contribution in [0.25, 0.3) is 11.7 Å². The van der Waals surface area contributed by atoms with E-state index in [0.717, 1.165) is 37.1 Å². The Hall–Kier alpha value is -3.04. The van der Waals surface area contributed by atoms with Crippen LogP contribution in [0.4, 0.5) is 10.2 Å². The first-order chi connectivity index (χ1) is 16.8. The van der Waals surface area contributed by atoms with Gasteiger partial charge < -0.3 is 4.90 Å². The van der Waals surface area contributed by atoms with E-state index in [9.17, 15) is 14.0 Å². The number of aryl methyl sites for hydroxylation is 1. The molecule has 0 aliphatic carbocycles. The Morgan fingerprint density at radius 3 is 2.71 bits per heavy atom. The topological polar surface area (TPSA) is 57.9 Å². The lowest BCUT2D eigenvalue weighted by molar-refractivity contribution is -0.122. The average molecular weight is 509 g/mol. The van der Waals surface area contributed by atoms with E-state index in [2.05, 4.69) is 11.8 Å². The van der Waals surface area contributed by atoms with Crippen molar-refractivity contribution in [3.63, 3.8) is 0 Å². The molecular formula is C26H25FN4O2S2. The van der Waals surface area contributed by atoms with Crippen molar-refractivity contribution in [2.75, 3.05) is 18.0 Å². The third-order valence-electron chi connectivity index (χ3n) is 6.34. The van der Waals surface area contributed by atoms with E-state index in [1.54, 1.807) is 24.4 Å². The molecule has 5 rings (SSSR count). The van der Waals surface area contributed by atoms with Crippen LogP contribution < -0.4 is 10.5 Å². The number of rotatable bonds is 4. The second-order valence-corrected chi connectivity index (χ2v) is 10.9. The van der Waals surface area contributed by atoms with Crippen LogP contribution in [0.2, 0.25) is 0 Å². The maximum Gasteiger partial charge on any atom is 0.267 e. The first kappa shape index (κ1) is 23.7. The Balaban J connectivity index is 1.57. The predicted octanol–water partition coefficient (Wildman–Crippen LogP) is 4.78. The second-order valence-electron chi connectivity index (χ2n) is 9.18. The normalized spacial score (nSPS) is 19.9. The number of hydrogen-bond acceptors (Lipinski definition) is 6. The maximum atomic E-state index is 13.7. The number of halogens is 1. The monoisotopic (exact) mass is 508 g/mol. The Morgan fingerprint density at radius 1 is 1.20 bits per heavy atom. The Kier molecular flexibility index (Phi) is 6.46. The Labute approximate surface area is 212 Å². The molecular weight excluding hydrogens is 483 g/mol. The SMILES string of the molecule is Cc1ccc2nc(N3CCCC(C)C3)c(/C=C3/SC(=S)N(Cc4ccc(F)cc4)C3=O)c(=O)n2c1. The van der Waals surface area contributed by atoms with Crippen LogP contribution in [0.3, 0.4) is 0 Å². The highest BCUT2D eigenvalue weighted by molar-refractivity contribution is 8.26. The highest BCUT2D eigenvalue weighted by Crippen LogP contribution is 2.35. The van der Waals surface area contributed by atoms with Crippen molar-refractivity contribution >= 4 is 51.7 Å². The number of carbonyl (C=O) groups is 1. The van der Waals surface area contributed by atoms with Crippen LogP contribution in [0.5, 0.6) is 0 Å². The van der Waals surface area contributed by atoms with Gasteiger partial charge in [-0.25, -0.2) is 9.37 Å². The molecule has 180 valence electrons. The zero-order valence-electron chi connectivity index (χ0n) is 19.5. The number of amides is 1. The number of fused-ring (bicyclic) bond motifs is 1. The summed E-state index contributed by atoms with van der Waals surface area (Å²) in [5, 5.41) is 0. The van der Waals surface area contributed by atoms with Crippen LogP contribution in [-0.2, 0) is 11.3 Å². The molecule has 6 nitrogen and oxygen atoms in total. The zero-order chi connectivity index (χ0) is 24.7. The van der Waals surface area contributed by atoms with Crippen molar-refractivity contribution in [3.05, 3.63) is 80.4 Å². The van der Waals surface area contributed by atoms with E-state index >= 15 is 0 Å². The number of hydrogen-bond donors (Lipinski definition) is 0. The van der Waals surface area contributed by atoms with Crippen molar-refractivity contribution in [1.29, 1.82) is 0 Å². The minimum absolute atomic E-state index is 0.212. The molecule has 35 heavy (non-hydrogen) atoms. The van der Waals surface area contributed by atoms with Gasteiger partial charge in [0.15, 0.2) is 0 Å². The quantitative estimate of drug-likeness (QED) is 0.374. The summed E-state index contributed by atoms with van der Waals surface area (Å²) in [6.07, 6.45) is 5.57. The standard InChI is InChI=1S/C26H25FN4O2S2/c1-16-4-3-11-29(13-16)23-20(24(32)30-14-17(2)5-10-22(30)28-23)12-21-25(33)31(26(34)35-21)15-18-6-8-19(27)9-7-18/h5-10,12,14,16H,3-4,11,13,15H2,1-2H3/b21-12+. The number of aromatic nitrogens is 2. The number of thiocarbonyl (C=S) groups is 1. The summed E-state index contributed by atoms with van der Waals surface area (Å²) in [5.41, 5.74) is 2.47. The number of piperidine rings is 1. The lowest BCUT2D eigenvalue weighted by Gasteiger charge is -2.32. The van der Waals surface area contributed by atoms with E-state index in [1.807, 2.05) is 19.1 Å². The van der Waals surface area contributed by atoms with Crippen molar-refractivity contribution in [2.24, 2.45) is 5.92 Å². The van der Waals surface area contributed by atoms with Crippen molar-refractivity contribution in [2.45, 2.75) is 33.2 Å². The summed E-state index contributed by atoms with van der Waals surface area (Å²) in [4.78, 5) is 35.8. The molecule has 0 bridgehead atoms. The average Bonchev–Trinajstić information content (AvgIpc) is 3.09. The molecule has 3 aromatic rings. The third kappa shape index (κ3) is 4.75. The van der Waals surface area contributed by atoms with Crippen LogP contribution in [-0.4, -0.2) is 37.6 Å². The van der Waals surface area contributed by atoms with Gasteiger partial charge in [-0.05, 0) is 61.1 Å². The molecule has 0 radical (unpaired) electrons. The van der Waals surface area contributed by atoms with Crippen LogP contribution in [0, 0.1) is 18.7 Å². The van der Waals surface area contributed by atoms with E-state index in [4.69, 9.17) is 17.2 Å². The summed E-state index contributed by atoms with van der Waals surface area (Å²) in [6, 6.07) is 9.77. The molecule has 1 aromatic carbocycles. The van der Waals surface area contributed by atoms with E-state index in [1.165, 1.54) is 33.2 Å². The van der Waals surface area contributed by atoms with E-state index in [-0.39, 0.29) is 23.8 Å². The van der Waals surface area contributed by atoms with E-state index < -0.39 is 0 Å². The smallest absolute Gasteiger partial charge is 0.267 e. The largest absolute Gasteiger partial charge is 0.356 e. The number of thioether (sulfide) groups is 1. The molecule has 2 aromatic heterocycles. The molecule has 4 heterocycles. The van der Waals surface area contributed by atoms with Crippen LogP contribution in [0.15, 0.2) is 52.3 Å². The fourth-order valence-corrected chi connectivity index (χ4v) is 5.77. The van der Waals surface area contributed by atoms with Crippen LogP contribution >= 0.6 is 24.0 Å². The number of pyridine rings is 1. The van der Waals surface area contributed by atoms with Gasteiger partial charge in [0.25, 0.3) is 11.5 Å². The van der Waals surface area contributed by atoms with Gasteiger partial charge in [0.05, 0.1) is 17.0 Å². The molecule has 9 heteroatoms. The van der Waals surface area contributed by atoms with Crippen molar-refractivity contribution in [3.8, 4) is 0 Å². The molecule has 2 fully saturated rings. The third-order valence-corrected chi connectivity index (χ3v) is 7.72. The second kappa shape index (κ2) is 9.54. The summed E-state index contributed by atoms with van der Waals surface area (Å²) in [6.45, 7) is 5.98. The maximum absolute atomic E-state index is 13.7. The molecule has 2 saturated heterocycles. The molecule has 2 aliphatic rings. The van der Waals surface area contributed by atoms with Gasteiger partial charge in [0, 0.05) is 19.3 Å². The summed E-state index contributed by atoms with van der Waals surface area (Å²) in [5.74, 6) is 0.493. The van der Waals surface area contributed by atoms with Gasteiger partial charge in [0.2, 0.25) is 0 Å². The number of nitrogens with zero attached hydrogens (tertiary/aromatic N) is 4. The van der Waals surface area contributed by atoms with Gasteiger partial charge >= 0.3 is 0 Å². The molecule has 2 aliphatic heterocycles. The predicted molar refractivity (Wildman–Crippen MR) is 142 cm³/mol. The number of carbonyl (C=O) groups excluding carboxylic acids is 1. The molecule has 0 N–H and O–H groups in total. The van der Waals surface area contributed by atoms with E-state index in [0.29, 0.717) is 32.2 Å². The van der Waals surface area contributed by atoms with Gasteiger partial charge in [-0.3, -0.25) is 18.9 Å². The van der Waals surface area contributed by atoms with Crippen molar-refractivity contribution < 1.29 is 9.18 Å². The molecule has 1 amide bonds. The molecule has 1 atom stereocenters. The number of anilines is 1. The first-order valence-corrected chi connectivity index (χ1v) is 12.8. The summed E-state index contributed by atoms with van der Waals surface area (Å²) >= 11 is 6.65. The van der Waals surface area contributed by atoms with Crippen LogP contribution in [0.1, 0.15) is 36.5 Å². The fraction of sp³-hybridized carbons (Fsp3) is 0.308. The Bertz CT molecular complexity index is 1420. The Morgan fingerprint density at radius 2 is 1.97 bits per heavy atom.